The summed E-state index contributed by atoms with van der Waals surface area (Å²) in [6, 6.07) is 4.41. The Balaban J connectivity index is 2.08. The van der Waals surface area contributed by atoms with Gasteiger partial charge in [-0.15, -0.1) is 0 Å². The quantitative estimate of drug-likeness (QED) is 0.878. The lowest BCUT2D eigenvalue weighted by Gasteiger charge is -2.32. The molecule has 0 radical (unpaired) electrons. The maximum atomic E-state index is 13.0. The molecule has 0 bridgehead atoms. The molecular weight excluding hydrogens is 221 g/mol. The van der Waals surface area contributed by atoms with Gasteiger partial charge in [0.1, 0.15) is 0 Å². The molecule has 1 aliphatic rings. The summed E-state index contributed by atoms with van der Waals surface area (Å²) in [5.74, 6) is -0.895. The van der Waals surface area contributed by atoms with E-state index in [2.05, 4.69) is 11.8 Å². The van der Waals surface area contributed by atoms with Crippen molar-refractivity contribution in [3.63, 3.8) is 0 Å². The number of nitrogens with zero attached hydrogens (tertiary/aromatic N) is 1. The number of phenols is 1. The number of morpholine rings is 1. The van der Waals surface area contributed by atoms with Crippen LogP contribution >= 0.6 is 0 Å². The highest BCUT2D eigenvalue weighted by Crippen LogP contribution is 2.26. The van der Waals surface area contributed by atoms with Crippen LogP contribution in [-0.4, -0.2) is 36.2 Å². The minimum atomic E-state index is -0.588. The number of halogens is 1. The molecule has 3 nitrogen and oxygen atoms in total. The first-order chi connectivity index (χ1) is 8.20. The number of hydrogen-bond donors (Lipinski definition) is 1. The summed E-state index contributed by atoms with van der Waals surface area (Å²) in [7, 11) is 0. The number of ether oxygens (including phenoxy) is 1. The van der Waals surface area contributed by atoms with E-state index in [1.165, 1.54) is 12.1 Å². The highest BCUT2D eigenvalue weighted by molar-refractivity contribution is 5.30. The number of phenolic OH excluding ortho intramolecular Hbond substituents is 1. The Kier molecular flexibility index (Phi) is 3.97. The molecule has 1 heterocycles. The topological polar surface area (TPSA) is 32.7 Å². The van der Waals surface area contributed by atoms with Crippen molar-refractivity contribution in [2.75, 3.05) is 26.2 Å². The zero-order chi connectivity index (χ0) is 12.3. The molecule has 0 aromatic heterocycles. The molecule has 1 aliphatic heterocycles. The van der Waals surface area contributed by atoms with E-state index >= 15 is 0 Å². The third kappa shape index (κ3) is 2.96. The van der Waals surface area contributed by atoms with Crippen molar-refractivity contribution in [1.29, 1.82) is 0 Å². The Labute approximate surface area is 101 Å². The van der Waals surface area contributed by atoms with Crippen LogP contribution in [0, 0.1) is 5.82 Å². The predicted octanol–water partition coefficient (Wildman–Crippen LogP) is 2.31. The molecule has 2 rings (SSSR count). The summed E-state index contributed by atoms with van der Waals surface area (Å²) in [6.07, 6.45) is 1.04. The van der Waals surface area contributed by atoms with Crippen LogP contribution in [0.15, 0.2) is 18.2 Å². The Morgan fingerprint density at radius 3 is 3.06 bits per heavy atom. The molecule has 17 heavy (non-hydrogen) atoms. The van der Waals surface area contributed by atoms with Gasteiger partial charge >= 0.3 is 0 Å². The molecular formula is C13H18FNO2. The maximum absolute atomic E-state index is 13.0. The molecule has 1 fully saturated rings. The zero-order valence-electron chi connectivity index (χ0n) is 10.0. The fourth-order valence-electron chi connectivity index (χ4n) is 2.15. The maximum Gasteiger partial charge on any atom is 0.164 e. The van der Waals surface area contributed by atoms with Crippen LogP contribution in [-0.2, 0) is 4.74 Å². The molecule has 1 saturated heterocycles. The van der Waals surface area contributed by atoms with Gasteiger partial charge in [-0.3, -0.25) is 4.90 Å². The van der Waals surface area contributed by atoms with Crippen LogP contribution in [0.5, 0.6) is 5.75 Å². The van der Waals surface area contributed by atoms with Crippen LogP contribution in [0.3, 0.4) is 0 Å². The van der Waals surface area contributed by atoms with Crippen molar-refractivity contribution in [3.8, 4) is 5.75 Å². The molecule has 1 N–H and O–H groups in total. The van der Waals surface area contributed by atoms with Gasteiger partial charge in [-0.25, -0.2) is 4.39 Å². The first-order valence-electron chi connectivity index (χ1n) is 6.03. The molecule has 0 spiro atoms. The van der Waals surface area contributed by atoms with Crippen LogP contribution in [0.1, 0.15) is 25.0 Å². The van der Waals surface area contributed by atoms with E-state index < -0.39 is 5.82 Å². The van der Waals surface area contributed by atoms with Crippen molar-refractivity contribution >= 4 is 0 Å². The number of benzene rings is 1. The third-order valence-electron chi connectivity index (χ3n) is 3.03. The van der Waals surface area contributed by atoms with Gasteiger partial charge in [-0.05, 0) is 30.7 Å². The van der Waals surface area contributed by atoms with E-state index in [0.717, 1.165) is 31.6 Å². The summed E-state index contributed by atoms with van der Waals surface area (Å²) in [4.78, 5) is 2.33. The minimum Gasteiger partial charge on any atom is -0.505 e. The standard InChI is InChI=1S/C13H18FNO2/c1-2-5-15-6-7-17-13(9-15)10-3-4-11(14)12(16)8-10/h3-4,8,13,16H,2,5-7,9H2,1H3/t13-/m1/s1. The van der Waals surface area contributed by atoms with Crippen LogP contribution < -0.4 is 0 Å². The van der Waals surface area contributed by atoms with Crippen LogP contribution in [0.25, 0.3) is 0 Å². The van der Waals surface area contributed by atoms with Gasteiger partial charge in [0.15, 0.2) is 11.6 Å². The molecule has 0 unspecified atom stereocenters. The van der Waals surface area contributed by atoms with E-state index in [4.69, 9.17) is 4.74 Å². The monoisotopic (exact) mass is 239 g/mol. The Hall–Kier alpha value is -1.13. The van der Waals surface area contributed by atoms with E-state index in [0.29, 0.717) is 6.61 Å². The van der Waals surface area contributed by atoms with Gasteiger partial charge in [-0.1, -0.05) is 13.0 Å². The second-order valence-electron chi connectivity index (χ2n) is 4.37. The number of rotatable bonds is 3. The van der Waals surface area contributed by atoms with Gasteiger partial charge in [-0.2, -0.15) is 0 Å². The van der Waals surface area contributed by atoms with Crippen LogP contribution in [0.2, 0.25) is 0 Å². The summed E-state index contributed by atoms with van der Waals surface area (Å²) >= 11 is 0. The van der Waals surface area contributed by atoms with E-state index in [1.807, 2.05) is 0 Å². The van der Waals surface area contributed by atoms with Gasteiger partial charge < -0.3 is 9.84 Å². The first kappa shape index (κ1) is 12.3. The van der Waals surface area contributed by atoms with Gasteiger partial charge in [0.05, 0.1) is 12.7 Å². The van der Waals surface area contributed by atoms with E-state index in [9.17, 15) is 9.50 Å². The molecule has 0 aliphatic carbocycles. The summed E-state index contributed by atoms with van der Waals surface area (Å²) in [5.41, 5.74) is 0.838. The van der Waals surface area contributed by atoms with Gasteiger partial charge in [0, 0.05) is 13.1 Å². The lowest BCUT2D eigenvalue weighted by atomic mass is 10.1. The average Bonchev–Trinajstić information content (AvgIpc) is 2.33. The Morgan fingerprint density at radius 2 is 2.35 bits per heavy atom. The normalized spacial score (nSPS) is 21.6. The van der Waals surface area contributed by atoms with E-state index in [-0.39, 0.29) is 11.9 Å². The van der Waals surface area contributed by atoms with E-state index in [1.54, 1.807) is 6.07 Å². The van der Waals surface area contributed by atoms with Gasteiger partial charge in [0.25, 0.3) is 0 Å². The smallest absolute Gasteiger partial charge is 0.164 e. The van der Waals surface area contributed by atoms with Gasteiger partial charge in [0.2, 0.25) is 0 Å². The largest absolute Gasteiger partial charge is 0.505 e. The second-order valence-corrected chi connectivity index (χ2v) is 4.37. The first-order valence-corrected chi connectivity index (χ1v) is 6.03. The van der Waals surface area contributed by atoms with Crippen molar-refractivity contribution in [2.45, 2.75) is 19.4 Å². The summed E-state index contributed by atoms with van der Waals surface area (Å²) < 4.78 is 18.6. The highest BCUT2D eigenvalue weighted by Gasteiger charge is 2.22. The fraction of sp³-hybridized carbons (Fsp3) is 0.538. The molecule has 1 atom stereocenters. The predicted molar refractivity (Wildman–Crippen MR) is 63.5 cm³/mol. The lowest BCUT2D eigenvalue weighted by Crippen LogP contribution is -2.38. The summed E-state index contributed by atoms with van der Waals surface area (Å²) in [5, 5.41) is 9.36. The molecule has 1 aromatic rings. The van der Waals surface area contributed by atoms with Crippen molar-refractivity contribution in [1.82, 2.24) is 4.90 Å². The lowest BCUT2D eigenvalue weighted by molar-refractivity contribution is -0.0299. The third-order valence-corrected chi connectivity index (χ3v) is 3.03. The molecule has 1 aromatic carbocycles. The van der Waals surface area contributed by atoms with Crippen molar-refractivity contribution < 1.29 is 14.2 Å². The molecule has 0 amide bonds. The van der Waals surface area contributed by atoms with Crippen molar-refractivity contribution in [2.24, 2.45) is 0 Å². The summed E-state index contributed by atoms with van der Waals surface area (Å²) in [6.45, 7) is 5.63. The van der Waals surface area contributed by atoms with Crippen molar-refractivity contribution in [3.05, 3.63) is 29.6 Å². The molecule has 94 valence electrons. The molecule has 0 saturated carbocycles. The zero-order valence-corrected chi connectivity index (χ0v) is 10.0. The fourth-order valence-corrected chi connectivity index (χ4v) is 2.15. The average molecular weight is 239 g/mol. The molecule has 4 heteroatoms. The Morgan fingerprint density at radius 1 is 1.53 bits per heavy atom. The Bertz CT molecular complexity index is 382. The number of aromatic hydroxyl groups is 1. The number of hydrogen-bond acceptors (Lipinski definition) is 3. The van der Waals surface area contributed by atoms with Crippen LogP contribution in [0.4, 0.5) is 4.39 Å². The second kappa shape index (κ2) is 5.47. The minimum absolute atomic E-state index is 0.0678. The highest BCUT2D eigenvalue weighted by atomic mass is 19.1. The SMILES string of the molecule is CCCN1CCO[C@@H](c2ccc(F)c(O)c2)C1.